The van der Waals surface area contributed by atoms with Crippen LogP contribution in [0.5, 0.6) is 5.75 Å². The van der Waals surface area contributed by atoms with Crippen molar-refractivity contribution in [2.24, 2.45) is 5.10 Å². The molecule has 26 heavy (non-hydrogen) atoms. The largest absolute Gasteiger partial charge is 0.491 e. The fourth-order valence-electron chi connectivity index (χ4n) is 2.03. The summed E-state index contributed by atoms with van der Waals surface area (Å²) in [7, 11) is 0. The van der Waals surface area contributed by atoms with Crippen LogP contribution in [0.2, 0.25) is 0 Å². The molecule has 0 atom stereocenters. The first-order chi connectivity index (χ1) is 12.4. The molecule has 0 amide bonds. The van der Waals surface area contributed by atoms with Crippen molar-refractivity contribution in [2.75, 3.05) is 0 Å². The third-order valence-corrected chi connectivity index (χ3v) is 3.47. The number of hydrogen-bond acceptors (Lipinski definition) is 5. The van der Waals surface area contributed by atoms with Crippen molar-refractivity contribution in [3.8, 4) is 5.75 Å². The molecule has 0 bridgehead atoms. The summed E-state index contributed by atoms with van der Waals surface area (Å²) in [4.78, 5) is 10.2. The zero-order valence-corrected chi connectivity index (χ0v) is 15.3. The first-order valence-corrected chi connectivity index (χ1v) is 8.42. The fourth-order valence-corrected chi connectivity index (χ4v) is 2.15. The van der Waals surface area contributed by atoms with Crippen LogP contribution in [0.15, 0.2) is 53.6 Å². The lowest BCUT2D eigenvalue weighted by Crippen LogP contribution is -2.31. The van der Waals surface area contributed by atoms with E-state index in [1.54, 1.807) is 12.1 Å². The van der Waals surface area contributed by atoms with Gasteiger partial charge in [0.1, 0.15) is 5.75 Å². The number of thiocarbonyl (C=S) groups is 1. The Morgan fingerprint density at radius 3 is 2.46 bits per heavy atom. The number of hydrazone groups is 1. The van der Waals surface area contributed by atoms with E-state index in [4.69, 9.17) is 17.0 Å². The molecule has 0 unspecified atom stereocenters. The Bertz CT molecular complexity index is 774. The van der Waals surface area contributed by atoms with Gasteiger partial charge in [-0.25, -0.2) is 0 Å². The van der Waals surface area contributed by atoms with E-state index in [2.05, 4.69) is 15.8 Å². The number of nitro groups is 1. The van der Waals surface area contributed by atoms with Crippen LogP contribution < -0.4 is 15.5 Å². The lowest BCUT2D eigenvalue weighted by atomic mass is 10.2. The van der Waals surface area contributed by atoms with Crippen LogP contribution in [0.1, 0.15) is 25.0 Å². The quantitative estimate of drug-likeness (QED) is 0.335. The van der Waals surface area contributed by atoms with Gasteiger partial charge >= 0.3 is 0 Å². The molecule has 0 aliphatic rings. The van der Waals surface area contributed by atoms with Crippen molar-refractivity contribution in [1.82, 2.24) is 10.7 Å². The lowest BCUT2D eigenvalue weighted by Gasteiger charge is -2.11. The smallest absolute Gasteiger partial charge is 0.269 e. The lowest BCUT2D eigenvalue weighted by molar-refractivity contribution is -0.384. The Morgan fingerprint density at radius 2 is 1.88 bits per heavy atom. The van der Waals surface area contributed by atoms with E-state index in [9.17, 15) is 10.1 Å². The predicted molar refractivity (Wildman–Crippen MR) is 105 cm³/mol. The Labute approximate surface area is 157 Å². The highest BCUT2D eigenvalue weighted by atomic mass is 32.1. The summed E-state index contributed by atoms with van der Waals surface area (Å²) in [6.07, 6.45) is 1.68. The Hall–Kier alpha value is -3.00. The van der Waals surface area contributed by atoms with Gasteiger partial charge in [-0.05, 0) is 61.5 Å². The zero-order chi connectivity index (χ0) is 18.9. The number of nitro benzene ring substituents is 1. The topological polar surface area (TPSA) is 88.8 Å². The Balaban J connectivity index is 1.77. The van der Waals surface area contributed by atoms with Crippen molar-refractivity contribution >= 4 is 29.2 Å². The second-order valence-electron chi connectivity index (χ2n) is 5.71. The van der Waals surface area contributed by atoms with Crippen molar-refractivity contribution < 1.29 is 9.66 Å². The molecule has 2 aromatic carbocycles. The van der Waals surface area contributed by atoms with Gasteiger partial charge in [0.05, 0.1) is 17.2 Å². The number of nitrogens with one attached hydrogen (secondary N) is 2. The van der Waals surface area contributed by atoms with E-state index >= 15 is 0 Å². The van der Waals surface area contributed by atoms with Crippen molar-refractivity contribution in [3.05, 3.63) is 69.8 Å². The molecule has 0 saturated heterocycles. The standard InChI is InChI=1S/C18H20N4O3S/c1-13(2)25-17-9-5-14(6-10-17)11-19-18(26)21-20-12-15-3-7-16(8-4-15)22(23)24/h3-10,12-13H,11H2,1-2H3,(H2,19,21,26)/b20-12-. The van der Waals surface area contributed by atoms with Crippen molar-refractivity contribution in [3.63, 3.8) is 0 Å². The van der Waals surface area contributed by atoms with E-state index in [1.807, 2.05) is 38.1 Å². The summed E-state index contributed by atoms with van der Waals surface area (Å²) in [5, 5.41) is 18.0. The molecule has 0 spiro atoms. The fraction of sp³-hybridized carbons (Fsp3) is 0.222. The van der Waals surface area contributed by atoms with Crippen LogP contribution in [0, 0.1) is 10.1 Å². The van der Waals surface area contributed by atoms with Gasteiger partial charge in [0, 0.05) is 18.7 Å². The maximum Gasteiger partial charge on any atom is 0.269 e. The molecule has 136 valence electrons. The highest BCUT2D eigenvalue weighted by Crippen LogP contribution is 2.13. The molecular formula is C18H20N4O3S. The monoisotopic (exact) mass is 372 g/mol. The average Bonchev–Trinajstić information content (AvgIpc) is 2.61. The molecule has 0 fully saturated rings. The number of hydrogen-bond donors (Lipinski definition) is 2. The van der Waals surface area contributed by atoms with E-state index < -0.39 is 4.92 Å². The Kier molecular flexibility index (Phi) is 7.04. The molecule has 0 saturated carbocycles. The van der Waals surface area contributed by atoms with Crippen LogP contribution in [-0.2, 0) is 6.54 Å². The third kappa shape index (κ3) is 6.48. The normalized spacial score (nSPS) is 10.7. The summed E-state index contributed by atoms with van der Waals surface area (Å²) in [6, 6.07) is 13.8. The first kappa shape index (κ1) is 19.3. The first-order valence-electron chi connectivity index (χ1n) is 8.01. The van der Waals surface area contributed by atoms with Gasteiger partial charge in [0.25, 0.3) is 5.69 Å². The number of non-ortho nitro benzene ring substituents is 1. The third-order valence-electron chi connectivity index (χ3n) is 3.23. The molecule has 8 heteroatoms. The molecule has 0 aromatic heterocycles. The van der Waals surface area contributed by atoms with Gasteiger partial charge in [-0.15, -0.1) is 0 Å². The van der Waals surface area contributed by atoms with E-state index in [0.717, 1.165) is 16.9 Å². The Morgan fingerprint density at radius 1 is 1.23 bits per heavy atom. The van der Waals surface area contributed by atoms with Crippen LogP contribution >= 0.6 is 12.2 Å². The molecule has 0 heterocycles. The molecule has 2 N–H and O–H groups in total. The van der Waals surface area contributed by atoms with Crippen LogP contribution in [0.25, 0.3) is 0 Å². The van der Waals surface area contributed by atoms with E-state index in [1.165, 1.54) is 18.3 Å². The van der Waals surface area contributed by atoms with Gasteiger partial charge in [0.15, 0.2) is 5.11 Å². The van der Waals surface area contributed by atoms with E-state index in [0.29, 0.717) is 11.7 Å². The van der Waals surface area contributed by atoms with Crippen molar-refractivity contribution in [1.29, 1.82) is 0 Å². The summed E-state index contributed by atoms with van der Waals surface area (Å²) >= 11 is 5.16. The van der Waals surface area contributed by atoms with Gasteiger partial charge in [0.2, 0.25) is 0 Å². The van der Waals surface area contributed by atoms with Crippen LogP contribution in [-0.4, -0.2) is 22.4 Å². The minimum atomic E-state index is -0.445. The second kappa shape index (κ2) is 9.47. The van der Waals surface area contributed by atoms with Crippen LogP contribution in [0.3, 0.4) is 0 Å². The SMILES string of the molecule is CC(C)Oc1ccc(CNC(=S)N/N=C\c2ccc([N+](=O)[O-])cc2)cc1. The van der Waals surface area contributed by atoms with Gasteiger partial charge in [-0.3, -0.25) is 15.5 Å². The van der Waals surface area contributed by atoms with Gasteiger partial charge in [-0.2, -0.15) is 5.10 Å². The summed E-state index contributed by atoms with van der Waals surface area (Å²) in [5.74, 6) is 0.831. The average molecular weight is 372 g/mol. The number of rotatable bonds is 7. The molecule has 0 aliphatic heterocycles. The summed E-state index contributed by atoms with van der Waals surface area (Å²) in [6.45, 7) is 4.52. The summed E-state index contributed by atoms with van der Waals surface area (Å²) in [5.41, 5.74) is 4.53. The molecule has 0 aliphatic carbocycles. The number of benzene rings is 2. The number of ether oxygens (including phenoxy) is 1. The zero-order valence-electron chi connectivity index (χ0n) is 14.5. The maximum absolute atomic E-state index is 10.6. The number of nitrogens with zero attached hydrogens (tertiary/aromatic N) is 2. The molecule has 0 radical (unpaired) electrons. The maximum atomic E-state index is 10.6. The van der Waals surface area contributed by atoms with Gasteiger partial charge < -0.3 is 10.1 Å². The highest BCUT2D eigenvalue weighted by molar-refractivity contribution is 7.80. The van der Waals surface area contributed by atoms with Crippen molar-refractivity contribution in [2.45, 2.75) is 26.5 Å². The van der Waals surface area contributed by atoms with Gasteiger partial charge in [-0.1, -0.05) is 12.1 Å². The summed E-state index contributed by atoms with van der Waals surface area (Å²) < 4.78 is 5.60. The molecule has 7 nitrogen and oxygen atoms in total. The highest BCUT2D eigenvalue weighted by Gasteiger charge is 2.02. The molecule has 2 rings (SSSR count). The minimum absolute atomic E-state index is 0.0390. The minimum Gasteiger partial charge on any atom is -0.491 e. The van der Waals surface area contributed by atoms with Crippen LogP contribution in [0.4, 0.5) is 5.69 Å². The molecule has 2 aromatic rings. The predicted octanol–water partition coefficient (Wildman–Crippen LogP) is 3.38. The second-order valence-corrected chi connectivity index (χ2v) is 6.12. The molecular weight excluding hydrogens is 352 g/mol. The van der Waals surface area contributed by atoms with E-state index in [-0.39, 0.29) is 11.8 Å².